The molecule has 2 aromatic heterocycles. The zero-order valence-corrected chi connectivity index (χ0v) is 14.3. The van der Waals surface area contributed by atoms with Gasteiger partial charge in [0.15, 0.2) is 0 Å². The van der Waals surface area contributed by atoms with Crippen LogP contribution in [0.4, 0.5) is 5.82 Å². The van der Waals surface area contributed by atoms with Gasteiger partial charge in [-0.2, -0.15) is 5.10 Å². The number of carbonyl (C=O) groups is 1. The lowest BCUT2D eigenvalue weighted by Crippen LogP contribution is -2.23. The molecule has 1 saturated heterocycles. The van der Waals surface area contributed by atoms with Crippen LogP contribution in [-0.4, -0.2) is 38.9 Å². The van der Waals surface area contributed by atoms with Gasteiger partial charge < -0.3 is 10.0 Å². The zero-order chi connectivity index (χ0) is 16.1. The fourth-order valence-corrected chi connectivity index (χ4v) is 3.78. The first-order valence-electron chi connectivity index (χ1n) is 7.69. The first kappa shape index (κ1) is 14.7. The van der Waals surface area contributed by atoms with Gasteiger partial charge in [0.25, 0.3) is 0 Å². The second-order valence-corrected chi connectivity index (χ2v) is 7.16. The van der Waals surface area contributed by atoms with Gasteiger partial charge in [0.1, 0.15) is 16.0 Å². The SMILES string of the molecule is Cc1nc(N2CC3CC3C2)ccc1Cn1cc(C(=O)O)c(Br)n1. The van der Waals surface area contributed by atoms with Crippen molar-refractivity contribution >= 4 is 27.7 Å². The van der Waals surface area contributed by atoms with E-state index in [1.807, 2.05) is 6.92 Å². The maximum atomic E-state index is 11.1. The van der Waals surface area contributed by atoms with Gasteiger partial charge >= 0.3 is 5.97 Å². The highest BCUT2D eigenvalue weighted by atomic mass is 79.9. The summed E-state index contributed by atoms with van der Waals surface area (Å²) in [7, 11) is 0. The summed E-state index contributed by atoms with van der Waals surface area (Å²) in [5.41, 5.74) is 2.18. The van der Waals surface area contributed by atoms with Crippen LogP contribution in [0.3, 0.4) is 0 Å². The number of hydrogen-bond donors (Lipinski definition) is 1. The van der Waals surface area contributed by atoms with Crippen molar-refractivity contribution in [1.82, 2.24) is 14.8 Å². The molecule has 2 unspecified atom stereocenters. The largest absolute Gasteiger partial charge is 0.478 e. The Hall–Kier alpha value is -1.89. The van der Waals surface area contributed by atoms with E-state index in [9.17, 15) is 4.79 Å². The van der Waals surface area contributed by atoms with Crippen LogP contribution in [0.15, 0.2) is 22.9 Å². The molecule has 23 heavy (non-hydrogen) atoms. The van der Waals surface area contributed by atoms with Crippen LogP contribution in [0.2, 0.25) is 0 Å². The van der Waals surface area contributed by atoms with Gasteiger partial charge in [-0.05, 0) is 52.7 Å². The Bertz CT molecular complexity index is 778. The van der Waals surface area contributed by atoms with Gasteiger partial charge in [-0.25, -0.2) is 9.78 Å². The molecule has 6 nitrogen and oxygen atoms in total. The Morgan fingerprint density at radius 1 is 1.39 bits per heavy atom. The molecular weight excluding hydrogens is 360 g/mol. The molecule has 1 aliphatic carbocycles. The summed E-state index contributed by atoms with van der Waals surface area (Å²) in [4.78, 5) is 18.2. The molecule has 2 aromatic rings. The van der Waals surface area contributed by atoms with Gasteiger partial charge in [0, 0.05) is 25.0 Å². The number of rotatable bonds is 4. The molecule has 2 atom stereocenters. The Morgan fingerprint density at radius 2 is 2.13 bits per heavy atom. The number of nitrogens with zero attached hydrogens (tertiary/aromatic N) is 4. The summed E-state index contributed by atoms with van der Waals surface area (Å²) in [6.07, 6.45) is 2.92. The van der Waals surface area contributed by atoms with E-state index in [-0.39, 0.29) is 5.56 Å². The third kappa shape index (κ3) is 2.73. The summed E-state index contributed by atoms with van der Waals surface area (Å²) in [6, 6.07) is 4.13. The van der Waals surface area contributed by atoms with E-state index in [1.54, 1.807) is 4.68 Å². The van der Waals surface area contributed by atoms with E-state index >= 15 is 0 Å². The molecule has 7 heteroatoms. The van der Waals surface area contributed by atoms with E-state index in [4.69, 9.17) is 10.1 Å². The van der Waals surface area contributed by atoms with Gasteiger partial charge in [-0.1, -0.05) is 6.07 Å². The lowest BCUT2D eigenvalue weighted by atomic mass is 10.2. The van der Waals surface area contributed by atoms with Crippen molar-refractivity contribution < 1.29 is 9.90 Å². The Labute approximate surface area is 142 Å². The van der Waals surface area contributed by atoms with E-state index in [0.29, 0.717) is 11.1 Å². The lowest BCUT2D eigenvalue weighted by molar-refractivity contribution is 0.0696. The van der Waals surface area contributed by atoms with Gasteiger partial charge in [0.05, 0.1) is 6.54 Å². The monoisotopic (exact) mass is 376 g/mol. The average molecular weight is 377 g/mol. The number of aromatic nitrogens is 3. The minimum absolute atomic E-state index is 0.170. The van der Waals surface area contributed by atoms with E-state index in [2.05, 4.69) is 38.1 Å². The van der Waals surface area contributed by atoms with Crippen molar-refractivity contribution in [2.45, 2.75) is 19.9 Å². The van der Waals surface area contributed by atoms with E-state index < -0.39 is 5.97 Å². The highest BCUT2D eigenvalue weighted by Gasteiger charge is 2.45. The Balaban J connectivity index is 1.53. The third-order valence-electron chi connectivity index (χ3n) is 4.76. The van der Waals surface area contributed by atoms with Crippen LogP contribution in [0.25, 0.3) is 0 Å². The van der Waals surface area contributed by atoms with Crippen LogP contribution in [0, 0.1) is 18.8 Å². The molecule has 2 aliphatic rings. The molecule has 120 valence electrons. The molecule has 2 fully saturated rings. The fourth-order valence-electron chi connectivity index (χ4n) is 3.30. The van der Waals surface area contributed by atoms with Crippen molar-refractivity contribution in [1.29, 1.82) is 0 Å². The summed E-state index contributed by atoms with van der Waals surface area (Å²) in [6.45, 7) is 4.76. The molecule has 0 radical (unpaired) electrons. The van der Waals surface area contributed by atoms with Gasteiger partial charge in [-0.15, -0.1) is 0 Å². The molecule has 0 aromatic carbocycles. The fraction of sp³-hybridized carbons (Fsp3) is 0.438. The quantitative estimate of drug-likeness (QED) is 0.887. The van der Waals surface area contributed by atoms with Gasteiger partial charge in [0.2, 0.25) is 0 Å². The second-order valence-electron chi connectivity index (χ2n) is 6.41. The van der Waals surface area contributed by atoms with Crippen LogP contribution in [-0.2, 0) is 6.54 Å². The molecule has 1 aliphatic heterocycles. The Kier molecular flexibility index (Phi) is 3.41. The van der Waals surface area contributed by atoms with E-state index in [1.165, 1.54) is 12.6 Å². The molecule has 0 amide bonds. The number of hydrogen-bond acceptors (Lipinski definition) is 4. The van der Waals surface area contributed by atoms with Crippen molar-refractivity contribution in [3.8, 4) is 0 Å². The standard InChI is InChI=1S/C16H17BrN4O2/c1-9-10(7-21-8-13(16(22)23)15(17)19-21)2-3-14(18-9)20-5-11-4-12(11)6-20/h2-3,8,11-12H,4-7H2,1H3,(H,22,23). The molecule has 1 saturated carbocycles. The zero-order valence-electron chi connectivity index (χ0n) is 12.7. The Morgan fingerprint density at radius 3 is 2.74 bits per heavy atom. The maximum Gasteiger partial charge on any atom is 0.340 e. The summed E-state index contributed by atoms with van der Waals surface area (Å²) in [5.74, 6) is 1.83. The number of piperidine rings is 1. The molecule has 1 N–H and O–H groups in total. The predicted molar refractivity (Wildman–Crippen MR) is 88.8 cm³/mol. The van der Waals surface area contributed by atoms with Crippen LogP contribution in [0.1, 0.15) is 28.0 Å². The van der Waals surface area contributed by atoms with Crippen molar-refractivity contribution in [2.24, 2.45) is 11.8 Å². The topological polar surface area (TPSA) is 71.2 Å². The highest BCUT2D eigenvalue weighted by molar-refractivity contribution is 9.10. The number of carboxylic acids is 1. The summed E-state index contributed by atoms with van der Waals surface area (Å²) >= 11 is 3.18. The molecule has 0 bridgehead atoms. The van der Waals surface area contributed by atoms with Crippen LogP contribution < -0.4 is 4.90 Å². The van der Waals surface area contributed by atoms with Crippen LogP contribution >= 0.6 is 15.9 Å². The normalized spacial score (nSPS) is 22.3. The predicted octanol–water partition coefficient (Wildman–Crippen LogP) is 2.55. The number of aryl methyl sites for hydroxylation is 1. The minimum Gasteiger partial charge on any atom is -0.478 e. The maximum absolute atomic E-state index is 11.1. The number of anilines is 1. The first-order chi connectivity index (χ1) is 11.0. The first-order valence-corrected chi connectivity index (χ1v) is 8.48. The average Bonchev–Trinajstić information content (AvgIpc) is 2.93. The summed E-state index contributed by atoms with van der Waals surface area (Å²) < 4.78 is 1.98. The molecule has 0 spiro atoms. The van der Waals surface area contributed by atoms with E-state index in [0.717, 1.165) is 42.0 Å². The van der Waals surface area contributed by atoms with Gasteiger partial charge in [-0.3, -0.25) is 4.68 Å². The van der Waals surface area contributed by atoms with Crippen LogP contribution in [0.5, 0.6) is 0 Å². The minimum atomic E-state index is -0.985. The van der Waals surface area contributed by atoms with Crippen molar-refractivity contribution in [2.75, 3.05) is 18.0 Å². The smallest absolute Gasteiger partial charge is 0.340 e. The van der Waals surface area contributed by atoms with Crippen molar-refractivity contribution in [3.05, 3.63) is 39.8 Å². The summed E-state index contributed by atoms with van der Waals surface area (Å²) in [5, 5.41) is 13.3. The molecular formula is C16H17BrN4O2. The number of carboxylic acid groups (broad SMARTS) is 1. The number of fused-ring (bicyclic) bond motifs is 1. The molecule has 3 heterocycles. The highest BCUT2D eigenvalue weighted by Crippen LogP contribution is 2.45. The lowest BCUT2D eigenvalue weighted by Gasteiger charge is -2.20. The third-order valence-corrected chi connectivity index (χ3v) is 5.35. The number of halogens is 1. The second kappa shape index (κ2) is 5.33. The molecule has 4 rings (SSSR count). The number of aromatic carboxylic acids is 1. The number of pyridine rings is 1. The van der Waals surface area contributed by atoms with Crippen molar-refractivity contribution in [3.63, 3.8) is 0 Å².